The molecule has 0 unspecified atom stereocenters. The minimum absolute atomic E-state index is 0.665. The molecule has 0 aliphatic heterocycles. The van der Waals surface area contributed by atoms with Crippen molar-refractivity contribution in [2.45, 2.75) is 11.8 Å². The Morgan fingerprint density at radius 2 is 2.05 bits per heavy atom. The Hall–Kier alpha value is -2.58. The number of benzene rings is 2. The molecular formula is C17H15N3OS. The Morgan fingerprint density at radius 3 is 2.82 bits per heavy atom. The van der Waals surface area contributed by atoms with Gasteiger partial charge in [0.15, 0.2) is 0 Å². The average molecular weight is 309 g/mol. The van der Waals surface area contributed by atoms with Crippen LogP contribution >= 0.6 is 11.9 Å². The van der Waals surface area contributed by atoms with Crippen LogP contribution in [0.2, 0.25) is 0 Å². The quantitative estimate of drug-likeness (QED) is 0.698. The summed E-state index contributed by atoms with van der Waals surface area (Å²) < 4.78 is 8.69. The molecule has 0 atom stereocenters. The van der Waals surface area contributed by atoms with E-state index in [1.54, 1.807) is 13.3 Å². The van der Waals surface area contributed by atoms with Gasteiger partial charge in [0.2, 0.25) is 0 Å². The summed E-state index contributed by atoms with van der Waals surface area (Å²) in [5.41, 5.74) is 3.64. The van der Waals surface area contributed by atoms with Gasteiger partial charge in [-0.3, -0.25) is 0 Å². The highest BCUT2D eigenvalue weighted by Crippen LogP contribution is 2.34. The number of fused-ring (bicyclic) bond motifs is 1. The van der Waals surface area contributed by atoms with Crippen LogP contribution in [0.5, 0.6) is 5.75 Å². The van der Waals surface area contributed by atoms with Crippen molar-refractivity contribution in [2.24, 2.45) is 0 Å². The molecule has 4 nitrogen and oxygen atoms in total. The highest BCUT2D eigenvalue weighted by atomic mass is 32.2. The first-order valence-corrected chi connectivity index (χ1v) is 7.63. The van der Waals surface area contributed by atoms with Crippen LogP contribution in [-0.2, 0) is 0 Å². The Labute approximate surface area is 133 Å². The van der Waals surface area contributed by atoms with Gasteiger partial charge in [0.1, 0.15) is 11.8 Å². The average Bonchev–Trinajstić information content (AvgIpc) is 2.99. The number of anilines is 1. The number of aryl methyl sites for hydroxylation is 1. The molecule has 2 N–H and O–H groups in total. The first-order chi connectivity index (χ1) is 10.7. The maximum absolute atomic E-state index is 9.20. The third-order valence-electron chi connectivity index (χ3n) is 3.50. The number of methoxy groups -OCH3 is 1. The molecule has 0 bridgehead atoms. The highest BCUT2D eigenvalue weighted by molar-refractivity contribution is 8.00. The van der Waals surface area contributed by atoms with Crippen LogP contribution < -0.4 is 9.46 Å². The zero-order valence-electron chi connectivity index (χ0n) is 12.3. The first kappa shape index (κ1) is 14.4. The van der Waals surface area contributed by atoms with Gasteiger partial charge < -0.3 is 14.4 Å². The lowest BCUT2D eigenvalue weighted by Gasteiger charge is -2.10. The highest BCUT2D eigenvalue weighted by Gasteiger charge is 2.11. The minimum Gasteiger partial charge on any atom is -0.496 e. The minimum atomic E-state index is 0.665. The van der Waals surface area contributed by atoms with Crippen molar-refractivity contribution in [3.05, 3.63) is 53.7 Å². The zero-order chi connectivity index (χ0) is 15.5. The lowest BCUT2D eigenvalue weighted by molar-refractivity contribution is 0.405. The summed E-state index contributed by atoms with van der Waals surface area (Å²) in [6, 6.07) is 14.1. The second-order valence-corrected chi connectivity index (χ2v) is 5.70. The van der Waals surface area contributed by atoms with E-state index >= 15 is 0 Å². The monoisotopic (exact) mass is 309 g/mol. The molecule has 0 saturated heterocycles. The van der Waals surface area contributed by atoms with Gasteiger partial charge in [-0.05, 0) is 42.6 Å². The second-order valence-electron chi connectivity index (χ2n) is 4.85. The van der Waals surface area contributed by atoms with E-state index in [9.17, 15) is 5.26 Å². The van der Waals surface area contributed by atoms with Gasteiger partial charge in [0, 0.05) is 11.6 Å². The number of nitrogens with zero attached hydrogens (tertiary/aromatic N) is 1. The van der Waals surface area contributed by atoms with Crippen molar-refractivity contribution in [2.75, 3.05) is 11.8 Å². The van der Waals surface area contributed by atoms with Crippen molar-refractivity contribution in [1.82, 2.24) is 4.98 Å². The number of H-pyrrole nitrogens is 1. The Balaban J connectivity index is 1.94. The molecule has 1 aromatic heterocycles. The van der Waals surface area contributed by atoms with Crippen LogP contribution in [-0.4, -0.2) is 12.1 Å². The lowest BCUT2D eigenvalue weighted by atomic mass is 10.1. The molecule has 0 amide bonds. The Kier molecular flexibility index (Phi) is 3.94. The largest absolute Gasteiger partial charge is 0.496 e. The molecule has 0 aliphatic rings. The molecule has 22 heavy (non-hydrogen) atoms. The zero-order valence-corrected chi connectivity index (χ0v) is 13.1. The maximum atomic E-state index is 9.20. The van der Waals surface area contributed by atoms with Crippen molar-refractivity contribution >= 4 is 28.5 Å². The van der Waals surface area contributed by atoms with E-state index in [0.717, 1.165) is 32.8 Å². The molecule has 110 valence electrons. The predicted molar refractivity (Wildman–Crippen MR) is 90.2 cm³/mol. The van der Waals surface area contributed by atoms with E-state index in [1.165, 1.54) is 11.9 Å². The predicted octanol–water partition coefficient (Wildman–Crippen LogP) is 4.48. The number of nitriles is 1. The van der Waals surface area contributed by atoms with E-state index in [-0.39, 0.29) is 0 Å². The van der Waals surface area contributed by atoms with Gasteiger partial charge in [-0.1, -0.05) is 18.2 Å². The van der Waals surface area contributed by atoms with Gasteiger partial charge in [0.05, 0.1) is 28.8 Å². The van der Waals surface area contributed by atoms with E-state index in [4.69, 9.17) is 4.74 Å². The van der Waals surface area contributed by atoms with Gasteiger partial charge in [-0.2, -0.15) is 5.26 Å². The Morgan fingerprint density at radius 1 is 1.23 bits per heavy atom. The molecular weight excluding hydrogens is 294 g/mol. The van der Waals surface area contributed by atoms with Crippen LogP contribution in [0.3, 0.4) is 0 Å². The lowest BCUT2D eigenvalue weighted by Crippen LogP contribution is -1.92. The SMILES string of the molecule is COc1ccccc1SNc1ccc(C)c2c(C#N)c[nH]c12. The third kappa shape index (κ3) is 2.49. The molecule has 3 rings (SSSR count). The van der Waals surface area contributed by atoms with Crippen molar-refractivity contribution in [3.8, 4) is 11.8 Å². The van der Waals surface area contributed by atoms with Crippen LogP contribution in [0.1, 0.15) is 11.1 Å². The molecule has 0 spiro atoms. The maximum Gasteiger partial charge on any atom is 0.134 e. The van der Waals surface area contributed by atoms with Crippen molar-refractivity contribution in [1.29, 1.82) is 5.26 Å². The summed E-state index contributed by atoms with van der Waals surface area (Å²) in [6.07, 6.45) is 1.75. The normalized spacial score (nSPS) is 10.4. The standard InChI is InChI=1S/C17H15N3OS/c1-11-7-8-13(17-16(11)12(9-18)10-19-17)20-22-15-6-4-3-5-14(15)21-2/h3-8,10,19-20H,1-2H3. The summed E-state index contributed by atoms with van der Waals surface area (Å²) in [4.78, 5) is 4.19. The molecule has 3 aromatic rings. The molecule has 5 heteroatoms. The first-order valence-electron chi connectivity index (χ1n) is 6.81. The fourth-order valence-corrected chi connectivity index (χ4v) is 3.20. The summed E-state index contributed by atoms with van der Waals surface area (Å²) >= 11 is 1.48. The Bertz CT molecular complexity index is 864. The molecule has 0 aliphatic carbocycles. The number of hydrogen-bond acceptors (Lipinski definition) is 4. The molecule has 0 fully saturated rings. The van der Waals surface area contributed by atoms with Crippen LogP contribution in [0.15, 0.2) is 47.5 Å². The number of nitrogens with one attached hydrogen (secondary N) is 2. The molecule has 1 heterocycles. The number of rotatable bonds is 4. The molecule has 0 radical (unpaired) electrons. The van der Waals surface area contributed by atoms with E-state index < -0.39 is 0 Å². The third-order valence-corrected chi connectivity index (χ3v) is 4.38. The van der Waals surface area contributed by atoms with E-state index in [0.29, 0.717) is 5.56 Å². The van der Waals surface area contributed by atoms with E-state index in [1.807, 2.05) is 43.3 Å². The van der Waals surface area contributed by atoms with Gasteiger partial charge in [0.25, 0.3) is 0 Å². The van der Waals surface area contributed by atoms with Crippen LogP contribution in [0, 0.1) is 18.3 Å². The second kappa shape index (κ2) is 6.04. The van der Waals surface area contributed by atoms with Crippen LogP contribution in [0.25, 0.3) is 10.9 Å². The van der Waals surface area contributed by atoms with Crippen molar-refractivity contribution < 1.29 is 4.74 Å². The smallest absolute Gasteiger partial charge is 0.134 e. The van der Waals surface area contributed by atoms with Crippen molar-refractivity contribution in [3.63, 3.8) is 0 Å². The number of ether oxygens (including phenoxy) is 1. The fraction of sp³-hybridized carbons (Fsp3) is 0.118. The summed E-state index contributed by atoms with van der Waals surface area (Å²) in [5, 5.41) is 10.2. The van der Waals surface area contributed by atoms with E-state index in [2.05, 4.69) is 15.8 Å². The van der Waals surface area contributed by atoms with Gasteiger partial charge in [-0.15, -0.1) is 0 Å². The summed E-state index contributed by atoms with van der Waals surface area (Å²) in [7, 11) is 1.66. The molecule has 0 saturated carbocycles. The molecule has 2 aromatic carbocycles. The van der Waals surface area contributed by atoms with Gasteiger partial charge in [-0.25, -0.2) is 0 Å². The summed E-state index contributed by atoms with van der Waals surface area (Å²) in [5.74, 6) is 0.826. The summed E-state index contributed by atoms with van der Waals surface area (Å²) in [6.45, 7) is 2.01. The number of para-hydroxylation sites is 1. The van der Waals surface area contributed by atoms with Crippen LogP contribution in [0.4, 0.5) is 5.69 Å². The van der Waals surface area contributed by atoms with Gasteiger partial charge >= 0.3 is 0 Å². The topological polar surface area (TPSA) is 60.8 Å². The number of aromatic nitrogens is 1. The number of aromatic amines is 1. The fourth-order valence-electron chi connectivity index (χ4n) is 2.41. The number of hydrogen-bond donors (Lipinski definition) is 2.